The largest absolute Gasteiger partial charge is 0.494 e. The van der Waals surface area contributed by atoms with Crippen molar-refractivity contribution in [3.05, 3.63) is 23.9 Å². The van der Waals surface area contributed by atoms with E-state index in [0.29, 0.717) is 24.5 Å². The number of ether oxygens (including phenoxy) is 2. The van der Waals surface area contributed by atoms with Gasteiger partial charge in [0.05, 0.1) is 19.6 Å². The molecule has 0 spiro atoms. The first kappa shape index (κ1) is 12.4. The van der Waals surface area contributed by atoms with Crippen LogP contribution in [0.2, 0.25) is 0 Å². The van der Waals surface area contributed by atoms with Gasteiger partial charge >= 0.3 is 5.97 Å². The summed E-state index contributed by atoms with van der Waals surface area (Å²) in [6, 6.07) is 5.41. The molecule has 1 aromatic heterocycles. The van der Waals surface area contributed by atoms with Gasteiger partial charge in [-0.15, -0.1) is 0 Å². The first-order chi connectivity index (χ1) is 8.74. The highest BCUT2D eigenvalue weighted by Crippen LogP contribution is 2.24. The Morgan fingerprint density at radius 2 is 2.17 bits per heavy atom. The van der Waals surface area contributed by atoms with Crippen molar-refractivity contribution in [1.82, 2.24) is 5.16 Å². The predicted molar refractivity (Wildman–Crippen MR) is 65.5 cm³/mol. The minimum atomic E-state index is -0.311. The summed E-state index contributed by atoms with van der Waals surface area (Å²) in [5.74, 6) is 0.424. The number of carbonyl (C=O) groups is 1. The molecule has 0 saturated carbocycles. The van der Waals surface area contributed by atoms with Crippen LogP contribution in [-0.4, -0.2) is 24.3 Å². The molecule has 1 aromatic carbocycles. The van der Waals surface area contributed by atoms with Crippen LogP contribution in [0.5, 0.6) is 5.75 Å². The molecule has 0 N–H and O–H groups in total. The average molecular weight is 249 g/mol. The van der Waals surface area contributed by atoms with Crippen molar-refractivity contribution < 1.29 is 18.8 Å². The fourth-order valence-corrected chi connectivity index (χ4v) is 1.70. The van der Waals surface area contributed by atoms with Gasteiger partial charge in [0.2, 0.25) is 0 Å². The molecule has 2 rings (SSSR count). The molecular weight excluding hydrogens is 234 g/mol. The summed E-state index contributed by atoms with van der Waals surface area (Å²) in [5, 5.41) is 4.67. The highest BCUT2D eigenvalue weighted by Gasteiger charge is 2.13. The molecule has 96 valence electrons. The van der Waals surface area contributed by atoms with Crippen molar-refractivity contribution in [2.45, 2.75) is 20.3 Å². The molecule has 0 saturated heterocycles. The van der Waals surface area contributed by atoms with Crippen LogP contribution in [0.15, 0.2) is 22.7 Å². The van der Waals surface area contributed by atoms with Crippen molar-refractivity contribution >= 4 is 16.9 Å². The minimum absolute atomic E-state index is 0.108. The van der Waals surface area contributed by atoms with Crippen molar-refractivity contribution in [2.75, 3.05) is 13.2 Å². The maximum absolute atomic E-state index is 11.4. The van der Waals surface area contributed by atoms with Gasteiger partial charge in [-0.05, 0) is 32.0 Å². The summed E-state index contributed by atoms with van der Waals surface area (Å²) < 4.78 is 15.4. The van der Waals surface area contributed by atoms with Gasteiger partial charge in [-0.2, -0.15) is 0 Å². The number of nitrogens with zero attached hydrogens (tertiary/aromatic N) is 1. The van der Waals surface area contributed by atoms with Crippen LogP contribution >= 0.6 is 0 Å². The fraction of sp³-hybridized carbons (Fsp3) is 0.385. The zero-order valence-corrected chi connectivity index (χ0v) is 10.4. The van der Waals surface area contributed by atoms with Gasteiger partial charge in [0, 0.05) is 5.39 Å². The summed E-state index contributed by atoms with van der Waals surface area (Å²) in [6.07, 6.45) is 0.108. The van der Waals surface area contributed by atoms with Crippen molar-refractivity contribution in [1.29, 1.82) is 0 Å². The molecule has 0 fully saturated rings. The number of hydrogen-bond donors (Lipinski definition) is 0. The predicted octanol–water partition coefficient (Wildman–Crippen LogP) is 2.33. The van der Waals surface area contributed by atoms with E-state index in [1.807, 2.05) is 19.1 Å². The highest BCUT2D eigenvalue weighted by atomic mass is 16.5. The standard InChI is InChI=1S/C13H15NO4/c1-3-16-9-5-6-12-10(7-9)11(14-18-12)8-13(15)17-4-2/h5-7H,3-4,8H2,1-2H3. The van der Waals surface area contributed by atoms with E-state index >= 15 is 0 Å². The molecule has 0 unspecified atom stereocenters. The van der Waals surface area contributed by atoms with E-state index in [1.165, 1.54) is 0 Å². The average Bonchev–Trinajstić information content (AvgIpc) is 2.73. The molecule has 0 bridgehead atoms. The van der Waals surface area contributed by atoms with Crippen LogP contribution in [0.4, 0.5) is 0 Å². The lowest BCUT2D eigenvalue weighted by atomic mass is 10.1. The quantitative estimate of drug-likeness (QED) is 0.761. The van der Waals surface area contributed by atoms with E-state index in [4.69, 9.17) is 14.0 Å². The van der Waals surface area contributed by atoms with E-state index < -0.39 is 0 Å². The van der Waals surface area contributed by atoms with E-state index in [9.17, 15) is 4.79 Å². The van der Waals surface area contributed by atoms with Crippen LogP contribution < -0.4 is 4.74 Å². The molecule has 0 amide bonds. The number of hydrogen-bond acceptors (Lipinski definition) is 5. The summed E-state index contributed by atoms with van der Waals surface area (Å²) in [5.41, 5.74) is 1.21. The monoisotopic (exact) mass is 249 g/mol. The Labute approximate surface area is 105 Å². The Hall–Kier alpha value is -2.04. The third-order valence-electron chi connectivity index (χ3n) is 2.44. The normalized spacial score (nSPS) is 10.6. The van der Waals surface area contributed by atoms with E-state index in [1.54, 1.807) is 13.0 Å². The van der Waals surface area contributed by atoms with Crippen LogP contribution in [0.3, 0.4) is 0 Å². The zero-order valence-electron chi connectivity index (χ0n) is 10.4. The Kier molecular flexibility index (Phi) is 3.82. The molecule has 0 aliphatic carbocycles. The number of aromatic nitrogens is 1. The van der Waals surface area contributed by atoms with E-state index in [-0.39, 0.29) is 12.4 Å². The smallest absolute Gasteiger partial charge is 0.312 e. The lowest BCUT2D eigenvalue weighted by Crippen LogP contribution is -2.07. The second-order valence-electron chi connectivity index (χ2n) is 3.70. The van der Waals surface area contributed by atoms with E-state index in [0.717, 1.165) is 11.1 Å². The van der Waals surface area contributed by atoms with Gasteiger partial charge in [0.25, 0.3) is 0 Å². The molecule has 0 aliphatic rings. The molecule has 2 aromatic rings. The van der Waals surface area contributed by atoms with Crippen molar-refractivity contribution in [3.8, 4) is 5.75 Å². The molecule has 5 heteroatoms. The summed E-state index contributed by atoms with van der Waals surface area (Å²) in [4.78, 5) is 11.4. The molecule has 1 heterocycles. The van der Waals surface area contributed by atoms with Crippen LogP contribution in [0, 0.1) is 0 Å². The molecule has 18 heavy (non-hydrogen) atoms. The Morgan fingerprint density at radius 1 is 1.33 bits per heavy atom. The Balaban J connectivity index is 2.27. The lowest BCUT2D eigenvalue weighted by Gasteiger charge is -2.02. The maximum Gasteiger partial charge on any atom is 0.312 e. The van der Waals surface area contributed by atoms with Crippen LogP contribution in [0.1, 0.15) is 19.5 Å². The number of benzene rings is 1. The highest BCUT2D eigenvalue weighted by molar-refractivity contribution is 5.85. The van der Waals surface area contributed by atoms with Crippen molar-refractivity contribution in [3.63, 3.8) is 0 Å². The zero-order chi connectivity index (χ0) is 13.0. The second-order valence-corrected chi connectivity index (χ2v) is 3.70. The molecule has 0 atom stereocenters. The second kappa shape index (κ2) is 5.53. The fourth-order valence-electron chi connectivity index (χ4n) is 1.70. The summed E-state index contributed by atoms with van der Waals surface area (Å²) in [6.45, 7) is 4.63. The third kappa shape index (κ3) is 2.61. The SMILES string of the molecule is CCOC(=O)Cc1noc2ccc(OCC)cc12. The maximum atomic E-state index is 11.4. The molecule has 5 nitrogen and oxygen atoms in total. The van der Waals surface area contributed by atoms with Gasteiger partial charge in [-0.1, -0.05) is 5.16 Å². The summed E-state index contributed by atoms with van der Waals surface area (Å²) in [7, 11) is 0. The molecular formula is C13H15NO4. The van der Waals surface area contributed by atoms with Gasteiger partial charge in [-0.3, -0.25) is 4.79 Å². The third-order valence-corrected chi connectivity index (χ3v) is 2.44. The van der Waals surface area contributed by atoms with Gasteiger partial charge < -0.3 is 14.0 Å². The lowest BCUT2D eigenvalue weighted by molar-refractivity contribution is -0.142. The number of esters is 1. The van der Waals surface area contributed by atoms with Gasteiger partial charge in [-0.25, -0.2) is 0 Å². The Bertz CT molecular complexity index is 547. The van der Waals surface area contributed by atoms with Gasteiger partial charge in [0.1, 0.15) is 11.4 Å². The number of rotatable bonds is 5. The van der Waals surface area contributed by atoms with Crippen molar-refractivity contribution in [2.24, 2.45) is 0 Å². The first-order valence-corrected chi connectivity index (χ1v) is 5.91. The summed E-state index contributed by atoms with van der Waals surface area (Å²) >= 11 is 0. The number of carbonyl (C=O) groups excluding carboxylic acids is 1. The Morgan fingerprint density at radius 3 is 2.89 bits per heavy atom. The van der Waals surface area contributed by atoms with Crippen LogP contribution in [-0.2, 0) is 16.0 Å². The number of fused-ring (bicyclic) bond motifs is 1. The van der Waals surface area contributed by atoms with Gasteiger partial charge in [0.15, 0.2) is 5.58 Å². The van der Waals surface area contributed by atoms with Crippen LogP contribution in [0.25, 0.3) is 11.0 Å². The first-order valence-electron chi connectivity index (χ1n) is 5.91. The topological polar surface area (TPSA) is 61.6 Å². The minimum Gasteiger partial charge on any atom is -0.494 e. The molecule has 0 radical (unpaired) electrons. The molecule has 0 aliphatic heterocycles. The van der Waals surface area contributed by atoms with E-state index in [2.05, 4.69) is 5.16 Å².